The van der Waals surface area contributed by atoms with Crippen molar-refractivity contribution < 1.29 is 19.0 Å². The Bertz CT molecular complexity index is 474. The van der Waals surface area contributed by atoms with Crippen LogP contribution in [0.3, 0.4) is 0 Å². The summed E-state index contributed by atoms with van der Waals surface area (Å²) in [6, 6.07) is 5.19. The van der Waals surface area contributed by atoms with Crippen molar-refractivity contribution in [3.05, 3.63) is 18.2 Å². The van der Waals surface area contributed by atoms with Gasteiger partial charge in [0.15, 0.2) is 11.5 Å². The molecule has 0 unspecified atom stereocenters. The first kappa shape index (κ1) is 10.4. The molecule has 3 rings (SSSR count). The lowest BCUT2D eigenvalue weighted by Gasteiger charge is -2.16. The van der Waals surface area contributed by atoms with E-state index in [2.05, 4.69) is 0 Å². The lowest BCUT2D eigenvalue weighted by Crippen LogP contribution is -2.29. The molecule has 0 radical (unpaired) electrons. The van der Waals surface area contributed by atoms with E-state index in [0.29, 0.717) is 17.2 Å². The van der Waals surface area contributed by atoms with Crippen LogP contribution in [0.2, 0.25) is 0 Å². The number of rotatable bonds is 2. The van der Waals surface area contributed by atoms with Crippen molar-refractivity contribution >= 4 is 5.97 Å². The smallest absolute Gasteiger partial charge is 0.314 e. The lowest BCUT2D eigenvalue weighted by atomic mass is 10.3. The average molecular weight is 234 g/mol. The highest BCUT2D eigenvalue weighted by Crippen LogP contribution is 2.41. The molecule has 0 amide bonds. The number of ether oxygens (including phenoxy) is 3. The van der Waals surface area contributed by atoms with Gasteiger partial charge in [0.2, 0.25) is 5.79 Å². The van der Waals surface area contributed by atoms with Crippen LogP contribution < -0.4 is 14.2 Å². The third-order valence-corrected chi connectivity index (χ3v) is 2.76. The summed E-state index contributed by atoms with van der Waals surface area (Å²) in [6.45, 7) is 3.67. The second-order valence-electron chi connectivity index (χ2n) is 4.91. The SMILES string of the molecule is CC1(C)Oc2ccc(OC(=O)C3CC3)cc2O1. The van der Waals surface area contributed by atoms with Gasteiger partial charge in [0.05, 0.1) is 5.92 Å². The summed E-state index contributed by atoms with van der Waals surface area (Å²) < 4.78 is 16.4. The molecule has 4 heteroatoms. The molecule has 0 atom stereocenters. The third kappa shape index (κ3) is 2.07. The highest BCUT2D eigenvalue weighted by molar-refractivity contribution is 5.77. The van der Waals surface area contributed by atoms with E-state index in [1.807, 2.05) is 13.8 Å². The van der Waals surface area contributed by atoms with Gasteiger partial charge in [-0.05, 0) is 25.0 Å². The number of carbonyl (C=O) groups excluding carboxylic acids is 1. The Balaban J connectivity index is 1.78. The Kier molecular flexibility index (Phi) is 2.08. The summed E-state index contributed by atoms with van der Waals surface area (Å²) in [5.74, 6) is 1.11. The van der Waals surface area contributed by atoms with E-state index in [1.165, 1.54) is 0 Å². The molecule has 4 nitrogen and oxygen atoms in total. The van der Waals surface area contributed by atoms with Crippen molar-refractivity contribution in [1.82, 2.24) is 0 Å². The Morgan fingerprint density at radius 3 is 2.71 bits per heavy atom. The first-order chi connectivity index (χ1) is 8.03. The van der Waals surface area contributed by atoms with Crippen LogP contribution in [0.4, 0.5) is 0 Å². The van der Waals surface area contributed by atoms with Gasteiger partial charge in [0.1, 0.15) is 5.75 Å². The zero-order valence-electron chi connectivity index (χ0n) is 9.86. The maximum atomic E-state index is 11.5. The number of fused-ring (bicyclic) bond motifs is 1. The fourth-order valence-corrected chi connectivity index (χ4v) is 1.78. The molecule has 2 aliphatic rings. The van der Waals surface area contributed by atoms with Crippen molar-refractivity contribution in [2.75, 3.05) is 0 Å². The van der Waals surface area contributed by atoms with Gasteiger partial charge in [0, 0.05) is 19.9 Å². The number of benzene rings is 1. The second-order valence-corrected chi connectivity index (χ2v) is 4.91. The monoisotopic (exact) mass is 234 g/mol. The predicted molar refractivity (Wildman–Crippen MR) is 60.1 cm³/mol. The van der Waals surface area contributed by atoms with Crippen LogP contribution in [0.5, 0.6) is 17.2 Å². The molecule has 0 spiro atoms. The van der Waals surface area contributed by atoms with Crippen molar-refractivity contribution in [1.29, 1.82) is 0 Å². The van der Waals surface area contributed by atoms with E-state index >= 15 is 0 Å². The van der Waals surface area contributed by atoms with Gasteiger partial charge < -0.3 is 14.2 Å². The summed E-state index contributed by atoms with van der Waals surface area (Å²) in [4.78, 5) is 11.5. The Morgan fingerprint density at radius 1 is 1.29 bits per heavy atom. The lowest BCUT2D eigenvalue weighted by molar-refractivity contribution is -0.135. The quantitative estimate of drug-likeness (QED) is 0.582. The largest absolute Gasteiger partial charge is 0.449 e. The van der Waals surface area contributed by atoms with Crippen molar-refractivity contribution in [3.63, 3.8) is 0 Å². The van der Waals surface area contributed by atoms with Crippen LogP contribution in [-0.4, -0.2) is 11.8 Å². The van der Waals surface area contributed by atoms with Crippen molar-refractivity contribution in [2.45, 2.75) is 32.5 Å². The summed E-state index contributed by atoms with van der Waals surface area (Å²) in [6.07, 6.45) is 1.88. The Hall–Kier alpha value is -1.71. The average Bonchev–Trinajstić information content (AvgIpc) is 3.01. The fourth-order valence-electron chi connectivity index (χ4n) is 1.78. The molecule has 0 N–H and O–H groups in total. The molecule has 17 heavy (non-hydrogen) atoms. The molecule has 1 aliphatic heterocycles. The van der Waals surface area contributed by atoms with Crippen LogP contribution in [0.15, 0.2) is 18.2 Å². The summed E-state index contributed by atoms with van der Waals surface area (Å²) in [7, 11) is 0. The van der Waals surface area contributed by atoms with Crippen molar-refractivity contribution in [3.8, 4) is 17.2 Å². The van der Waals surface area contributed by atoms with Crippen molar-refractivity contribution in [2.24, 2.45) is 5.92 Å². The maximum absolute atomic E-state index is 11.5. The normalized spacial score (nSPS) is 20.1. The van der Waals surface area contributed by atoms with Gasteiger partial charge in [-0.25, -0.2) is 0 Å². The molecule has 0 aromatic heterocycles. The molecule has 1 saturated carbocycles. The minimum Gasteiger partial charge on any atom is -0.449 e. The summed E-state index contributed by atoms with van der Waals surface area (Å²) in [5, 5.41) is 0. The minimum absolute atomic E-state index is 0.0943. The number of hydrogen-bond acceptors (Lipinski definition) is 4. The molecule has 1 fully saturated rings. The molecule has 1 aromatic carbocycles. The van der Waals surface area contributed by atoms with E-state index in [0.717, 1.165) is 12.8 Å². The molecular weight excluding hydrogens is 220 g/mol. The first-order valence-corrected chi connectivity index (χ1v) is 5.77. The van der Waals surface area contributed by atoms with E-state index in [4.69, 9.17) is 14.2 Å². The fraction of sp³-hybridized carbons (Fsp3) is 0.462. The molecule has 0 bridgehead atoms. The standard InChI is InChI=1S/C13H14O4/c1-13(2)16-10-6-5-9(7-11(10)17-13)15-12(14)8-3-4-8/h5-8H,3-4H2,1-2H3. The highest BCUT2D eigenvalue weighted by atomic mass is 16.7. The van der Waals surface area contributed by atoms with Crippen LogP contribution in [0, 0.1) is 5.92 Å². The predicted octanol–water partition coefficient (Wildman–Crippen LogP) is 2.51. The highest BCUT2D eigenvalue weighted by Gasteiger charge is 2.34. The van der Waals surface area contributed by atoms with Crippen LogP contribution in [0.25, 0.3) is 0 Å². The van der Waals surface area contributed by atoms with E-state index < -0.39 is 5.79 Å². The molecular formula is C13H14O4. The molecule has 1 aliphatic carbocycles. The van der Waals surface area contributed by atoms with E-state index in [-0.39, 0.29) is 11.9 Å². The van der Waals surface area contributed by atoms with Crippen LogP contribution in [-0.2, 0) is 4.79 Å². The van der Waals surface area contributed by atoms with E-state index in [1.54, 1.807) is 18.2 Å². The first-order valence-electron chi connectivity index (χ1n) is 5.77. The number of carbonyl (C=O) groups is 1. The van der Waals surface area contributed by atoms with Gasteiger partial charge in [-0.3, -0.25) is 4.79 Å². The second kappa shape index (κ2) is 3.39. The number of esters is 1. The molecule has 0 saturated heterocycles. The minimum atomic E-state index is -0.651. The van der Waals surface area contributed by atoms with E-state index in [9.17, 15) is 4.79 Å². The molecule has 1 aromatic rings. The Morgan fingerprint density at radius 2 is 2.00 bits per heavy atom. The third-order valence-electron chi connectivity index (χ3n) is 2.76. The van der Waals surface area contributed by atoms with Crippen LogP contribution >= 0.6 is 0 Å². The van der Waals surface area contributed by atoms with Crippen LogP contribution in [0.1, 0.15) is 26.7 Å². The molecule has 90 valence electrons. The zero-order chi connectivity index (χ0) is 12.0. The van der Waals surface area contributed by atoms with Gasteiger partial charge >= 0.3 is 5.97 Å². The van der Waals surface area contributed by atoms with Gasteiger partial charge in [-0.15, -0.1) is 0 Å². The summed E-state index contributed by atoms with van der Waals surface area (Å²) in [5.41, 5.74) is 0. The maximum Gasteiger partial charge on any atom is 0.314 e. The van der Waals surface area contributed by atoms with Gasteiger partial charge in [-0.1, -0.05) is 0 Å². The zero-order valence-corrected chi connectivity index (χ0v) is 9.86. The van der Waals surface area contributed by atoms with Gasteiger partial charge in [0.25, 0.3) is 0 Å². The molecule has 1 heterocycles. The topological polar surface area (TPSA) is 44.8 Å². The summed E-state index contributed by atoms with van der Waals surface area (Å²) >= 11 is 0. The number of hydrogen-bond donors (Lipinski definition) is 0. The Labute approximate surface area is 99.5 Å². The van der Waals surface area contributed by atoms with Gasteiger partial charge in [-0.2, -0.15) is 0 Å².